The summed E-state index contributed by atoms with van der Waals surface area (Å²) >= 11 is 5.79. The van der Waals surface area contributed by atoms with E-state index in [2.05, 4.69) is 0 Å². The smallest absolute Gasteiger partial charge is 0.303 e. The Morgan fingerprint density at radius 2 is 2.27 bits per heavy atom. The standard InChI is InChI=1S/C8H11ClO2/c1-6(10)11-8-4-2-7(9)3-5-8/h2,4,7-8H,3,5H2,1H3/t7-,8+/m1/s1. The molecule has 62 valence electrons. The van der Waals surface area contributed by atoms with Gasteiger partial charge in [-0.3, -0.25) is 4.79 Å². The maximum atomic E-state index is 10.5. The summed E-state index contributed by atoms with van der Waals surface area (Å²) in [4.78, 5) is 10.5. The fraction of sp³-hybridized carbons (Fsp3) is 0.625. The molecule has 0 N–H and O–H groups in total. The van der Waals surface area contributed by atoms with E-state index in [1.807, 2.05) is 12.2 Å². The van der Waals surface area contributed by atoms with Crippen LogP contribution >= 0.6 is 11.6 Å². The summed E-state index contributed by atoms with van der Waals surface area (Å²) in [6, 6.07) is 0. The minimum atomic E-state index is -0.229. The second-order valence-corrected chi connectivity index (χ2v) is 3.19. The summed E-state index contributed by atoms with van der Waals surface area (Å²) in [7, 11) is 0. The van der Waals surface area contributed by atoms with Gasteiger partial charge in [-0.25, -0.2) is 0 Å². The van der Waals surface area contributed by atoms with E-state index in [0.717, 1.165) is 12.8 Å². The van der Waals surface area contributed by atoms with Crippen molar-refractivity contribution in [3.8, 4) is 0 Å². The maximum absolute atomic E-state index is 10.5. The van der Waals surface area contributed by atoms with E-state index < -0.39 is 0 Å². The molecule has 1 aliphatic rings. The van der Waals surface area contributed by atoms with E-state index in [1.54, 1.807) is 0 Å². The van der Waals surface area contributed by atoms with Crippen LogP contribution in [-0.4, -0.2) is 17.5 Å². The van der Waals surface area contributed by atoms with Gasteiger partial charge >= 0.3 is 5.97 Å². The number of esters is 1. The van der Waals surface area contributed by atoms with Crippen molar-refractivity contribution in [3.63, 3.8) is 0 Å². The van der Waals surface area contributed by atoms with Crippen molar-refractivity contribution in [2.45, 2.75) is 31.2 Å². The Morgan fingerprint density at radius 1 is 1.55 bits per heavy atom. The van der Waals surface area contributed by atoms with Crippen molar-refractivity contribution >= 4 is 17.6 Å². The first kappa shape index (κ1) is 8.60. The zero-order valence-electron chi connectivity index (χ0n) is 6.42. The van der Waals surface area contributed by atoms with Crippen LogP contribution in [-0.2, 0) is 9.53 Å². The van der Waals surface area contributed by atoms with Gasteiger partial charge in [-0.1, -0.05) is 6.08 Å². The summed E-state index contributed by atoms with van der Waals surface area (Å²) in [5.41, 5.74) is 0. The van der Waals surface area contributed by atoms with Crippen LogP contribution in [0.4, 0.5) is 0 Å². The summed E-state index contributed by atoms with van der Waals surface area (Å²) in [6.07, 6.45) is 5.39. The van der Waals surface area contributed by atoms with Gasteiger partial charge in [0.2, 0.25) is 0 Å². The fourth-order valence-electron chi connectivity index (χ4n) is 1.07. The number of alkyl halides is 1. The molecule has 1 aliphatic carbocycles. The third kappa shape index (κ3) is 2.93. The molecule has 0 aromatic heterocycles. The molecule has 0 radical (unpaired) electrons. The highest BCUT2D eigenvalue weighted by molar-refractivity contribution is 6.21. The highest BCUT2D eigenvalue weighted by Crippen LogP contribution is 2.18. The lowest BCUT2D eigenvalue weighted by Gasteiger charge is -2.18. The van der Waals surface area contributed by atoms with Crippen molar-refractivity contribution in [2.24, 2.45) is 0 Å². The van der Waals surface area contributed by atoms with E-state index in [-0.39, 0.29) is 17.5 Å². The Bertz CT molecular complexity index is 177. The number of allylic oxidation sites excluding steroid dienone is 1. The third-order valence-electron chi connectivity index (χ3n) is 1.58. The number of hydrogen-bond donors (Lipinski definition) is 0. The number of halogens is 1. The van der Waals surface area contributed by atoms with Crippen molar-refractivity contribution in [1.82, 2.24) is 0 Å². The second kappa shape index (κ2) is 3.77. The molecule has 2 atom stereocenters. The molecule has 0 bridgehead atoms. The maximum Gasteiger partial charge on any atom is 0.303 e. The Kier molecular flexibility index (Phi) is 2.94. The topological polar surface area (TPSA) is 26.3 Å². The van der Waals surface area contributed by atoms with Crippen LogP contribution in [0.15, 0.2) is 12.2 Å². The summed E-state index contributed by atoms with van der Waals surface area (Å²) in [5, 5.41) is 0.113. The average Bonchev–Trinajstić information content (AvgIpc) is 1.93. The molecule has 11 heavy (non-hydrogen) atoms. The minimum absolute atomic E-state index is 0.0532. The zero-order chi connectivity index (χ0) is 8.27. The Hall–Kier alpha value is -0.500. The predicted molar refractivity (Wildman–Crippen MR) is 43.6 cm³/mol. The molecular weight excluding hydrogens is 164 g/mol. The summed E-state index contributed by atoms with van der Waals surface area (Å²) < 4.78 is 4.96. The molecule has 0 saturated heterocycles. The van der Waals surface area contributed by atoms with E-state index in [0.29, 0.717) is 0 Å². The van der Waals surface area contributed by atoms with Gasteiger partial charge in [0.15, 0.2) is 0 Å². The van der Waals surface area contributed by atoms with Crippen LogP contribution in [0.25, 0.3) is 0 Å². The van der Waals surface area contributed by atoms with Crippen LogP contribution in [0.1, 0.15) is 19.8 Å². The van der Waals surface area contributed by atoms with Gasteiger partial charge in [0.25, 0.3) is 0 Å². The first-order valence-electron chi connectivity index (χ1n) is 3.68. The quantitative estimate of drug-likeness (QED) is 0.345. The third-order valence-corrected chi connectivity index (χ3v) is 1.94. The summed E-state index contributed by atoms with van der Waals surface area (Å²) in [5.74, 6) is -0.229. The van der Waals surface area contributed by atoms with Gasteiger partial charge in [0.1, 0.15) is 6.10 Å². The molecule has 0 aliphatic heterocycles. The monoisotopic (exact) mass is 174 g/mol. The molecule has 0 spiro atoms. The van der Waals surface area contributed by atoms with Gasteiger partial charge in [0, 0.05) is 6.92 Å². The molecular formula is C8H11ClO2. The molecule has 1 rings (SSSR count). The molecule has 0 saturated carbocycles. The molecule has 2 nitrogen and oxygen atoms in total. The normalized spacial score (nSPS) is 30.0. The van der Waals surface area contributed by atoms with E-state index in [4.69, 9.17) is 16.3 Å². The molecule has 0 aromatic rings. The number of rotatable bonds is 1. The lowest BCUT2D eigenvalue weighted by molar-refractivity contribution is -0.144. The van der Waals surface area contributed by atoms with Gasteiger partial charge in [0.05, 0.1) is 5.38 Å². The van der Waals surface area contributed by atoms with Crippen LogP contribution in [0.5, 0.6) is 0 Å². The molecule has 0 aromatic carbocycles. The van der Waals surface area contributed by atoms with Crippen LogP contribution in [0, 0.1) is 0 Å². The lowest BCUT2D eigenvalue weighted by Crippen LogP contribution is -2.18. The molecule has 0 unspecified atom stereocenters. The molecule has 3 heteroatoms. The molecule has 0 heterocycles. The largest absolute Gasteiger partial charge is 0.458 e. The highest BCUT2D eigenvalue weighted by atomic mass is 35.5. The highest BCUT2D eigenvalue weighted by Gasteiger charge is 2.15. The lowest BCUT2D eigenvalue weighted by atomic mass is 10.1. The van der Waals surface area contributed by atoms with Gasteiger partial charge < -0.3 is 4.74 Å². The predicted octanol–water partition coefficient (Wildman–Crippen LogP) is 1.88. The number of ether oxygens (including phenoxy) is 1. The van der Waals surface area contributed by atoms with Gasteiger partial charge in [-0.2, -0.15) is 0 Å². The first-order chi connectivity index (χ1) is 5.18. The second-order valence-electron chi connectivity index (χ2n) is 2.63. The first-order valence-corrected chi connectivity index (χ1v) is 4.12. The van der Waals surface area contributed by atoms with E-state index in [1.165, 1.54) is 6.92 Å². The Morgan fingerprint density at radius 3 is 2.73 bits per heavy atom. The Balaban J connectivity index is 2.38. The molecule has 0 amide bonds. The van der Waals surface area contributed by atoms with Crippen LogP contribution < -0.4 is 0 Å². The van der Waals surface area contributed by atoms with Gasteiger partial charge in [-0.05, 0) is 18.9 Å². The van der Waals surface area contributed by atoms with Crippen molar-refractivity contribution in [3.05, 3.63) is 12.2 Å². The van der Waals surface area contributed by atoms with Crippen LogP contribution in [0.3, 0.4) is 0 Å². The summed E-state index contributed by atoms with van der Waals surface area (Å²) in [6.45, 7) is 1.42. The van der Waals surface area contributed by atoms with E-state index >= 15 is 0 Å². The Labute approximate surface area is 71.2 Å². The average molecular weight is 175 g/mol. The van der Waals surface area contributed by atoms with E-state index in [9.17, 15) is 4.79 Å². The number of hydrogen-bond acceptors (Lipinski definition) is 2. The SMILES string of the molecule is CC(=O)O[C@H]1C=C[C@@H](Cl)CC1. The number of carbonyl (C=O) groups is 1. The van der Waals surface area contributed by atoms with Crippen LogP contribution in [0.2, 0.25) is 0 Å². The van der Waals surface area contributed by atoms with Gasteiger partial charge in [-0.15, -0.1) is 11.6 Å². The fourth-order valence-corrected chi connectivity index (χ4v) is 1.28. The zero-order valence-corrected chi connectivity index (χ0v) is 7.17. The van der Waals surface area contributed by atoms with Crippen molar-refractivity contribution < 1.29 is 9.53 Å². The van der Waals surface area contributed by atoms with Crippen molar-refractivity contribution in [1.29, 1.82) is 0 Å². The number of carbonyl (C=O) groups excluding carboxylic acids is 1. The molecule has 0 fully saturated rings. The minimum Gasteiger partial charge on any atom is -0.458 e. The van der Waals surface area contributed by atoms with Crippen molar-refractivity contribution in [2.75, 3.05) is 0 Å².